The van der Waals surface area contributed by atoms with Crippen molar-refractivity contribution in [3.8, 4) is 29.1 Å². The van der Waals surface area contributed by atoms with Crippen molar-refractivity contribution in [3.05, 3.63) is 99.6 Å². The molecular formula is C43H38N8O7. The van der Waals surface area contributed by atoms with Crippen molar-refractivity contribution in [1.82, 2.24) is 35.1 Å². The molecule has 15 heteroatoms. The van der Waals surface area contributed by atoms with Gasteiger partial charge in [-0.15, -0.1) is 0 Å². The van der Waals surface area contributed by atoms with Crippen molar-refractivity contribution in [1.29, 1.82) is 0 Å². The summed E-state index contributed by atoms with van der Waals surface area (Å²) in [4.78, 5) is 71.0. The predicted molar refractivity (Wildman–Crippen MR) is 213 cm³/mol. The fourth-order valence-corrected chi connectivity index (χ4v) is 7.85. The number of carbonyl (C=O) groups is 3. The van der Waals surface area contributed by atoms with Crippen LogP contribution in [0, 0.1) is 18.8 Å². The number of rotatable bonds is 6. The zero-order valence-corrected chi connectivity index (χ0v) is 31.8. The van der Waals surface area contributed by atoms with Crippen molar-refractivity contribution in [2.45, 2.75) is 44.4 Å². The van der Waals surface area contributed by atoms with Gasteiger partial charge in [0.1, 0.15) is 29.2 Å². The van der Waals surface area contributed by atoms with Gasteiger partial charge in [0.05, 0.1) is 30.9 Å². The van der Waals surface area contributed by atoms with Gasteiger partial charge >= 0.3 is 0 Å². The van der Waals surface area contributed by atoms with Crippen LogP contribution in [-0.4, -0.2) is 75.1 Å². The maximum Gasteiger partial charge on any atom is 0.270 e. The second kappa shape index (κ2) is 15.2. The molecule has 1 unspecified atom stereocenters. The molecule has 0 spiro atoms. The topological polar surface area (TPSA) is 184 Å². The van der Waals surface area contributed by atoms with Gasteiger partial charge in [0.15, 0.2) is 11.6 Å². The third-order valence-electron chi connectivity index (χ3n) is 10.9. The second-order valence-electron chi connectivity index (χ2n) is 14.6. The fraction of sp³-hybridized carbons (Fsp3) is 0.302. The number of carbonyl (C=O) groups excluding carboxylic acids is 3. The molecule has 9 rings (SSSR count). The molecule has 6 aromatic rings. The van der Waals surface area contributed by atoms with E-state index in [0.29, 0.717) is 78.3 Å². The summed E-state index contributed by atoms with van der Waals surface area (Å²) in [6.07, 6.45) is 5.68. The summed E-state index contributed by atoms with van der Waals surface area (Å²) < 4.78 is 19.2. The summed E-state index contributed by atoms with van der Waals surface area (Å²) in [6, 6.07) is 14.6. The normalized spacial score (nSPS) is 17.0. The van der Waals surface area contributed by atoms with Gasteiger partial charge in [0, 0.05) is 72.5 Å². The maximum absolute atomic E-state index is 13.0. The Morgan fingerprint density at radius 1 is 0.966 bits per heavy atom. The molecule has 3 aliphatic heterocycles. The smallest absolute Gasteiger partial charge is 0.270 e. The van der Waals surface area contributed by atoms with E-state index in [1.165, 1.54) is 6.20 Å². The number of hydrogen-bond acceptors (Lipinski definition) is 12. The van der Waals surface area contributed by atoms with Gasteiger partial charge < -0.3 is 24.1 Å². The van der Waals surface area contributed by atoms with Crippen LogP contribution < -0.4 is 25.8 Å². The van der Waals surface area contributed by atoms with Gasteiger partial charge in [-0.3, -0.25) is 34.0 Å². The van der Waals surface area contributed by atoms with E-state index in [-0.39, 0.29) is 42.0 Å². The number of nitrogens with one attached hydrogen (secondary N) is 2. The summed E-state index contributed by atoms with van der Waals surface area (Å²) in [5.41, 5.74) is 5.83. The van der Waals surface area contributed by atoms with Crippen molar-refractivity contribution in [2.75, 3.05) is 37.8 Å². The molecule has 58 heavy (non-hydrogen) atoms. The van der Waals surface area contributed by atoms with Crippen LogP contribution in [0.1, 0.15) is 70.6 Å². The van der Waals surface area contributed by atoms with E-state index in [1.807, 2.05) is 19.1 Å². The molecular weight excluding hydrogens is 741 g/mol. The van der Waals surface area contributed by atoms with Gasteiger partial charge in [-0.2, -0.15) is 4.98 Å². The third kappa shape index (κ3) is 6.92. The first kappa shape index (κ1) is 36.7. The minimum Gasteiger partial charge on any atom is -0.474 e. The summed E-state index contributed by atoms with van der Waals surface area (Å²) >= 11 is 0. The molecule has 3 aliphatic rings. The molecule has 5 aromatic heterocycles. The van der Waals surface area contributed by atoms with E-state index < -0.39 is 11.8 Å². The Labute approximate surface area is 331 Å². The van der Waals surface area contributed by atoms with Crippen LogP contribution in [0.3, 0.4) is 0 Å². The standard InChI is InChI=1S/C43H38N8O7/c1-24-19-31-34(21-33(25-12-16-56-17-13-25)47-39(31)50(2)43(24)55)51-15-18-57-42-35(51)23-46-38(49-42)26-8-10-32(45-22-26)41(54)44-14-4-5-27-20-30-28(6-3-7-36(30)58-27)29-9-11-37(52)48-40(29)53/h3,6-8,10,19-23,25,29H,9,11-18H2,1-2H3,(H,44,54)(H,48,52,53). The molecule has 2 N–H and O–H groups in total. The second-order valence-corrected chi connectivity index (χ2v) is 14.6. The number of hydrogen-bond donors (Lipinski definition) is 2. The lowest BCUT2D eigenvalue weighted by atomic mass is 9.88. The molecule has 1 atom stereocenters. The SMILES string of the molecule is Cc1cc2c(N3CCOc4nc(-c5ccc(C(=O)NCC#Cc6cc7c(C8CCC(=O)NC8=O)cccc7o6)nc5)ncc43)cc(C3CCOCC3)nc2n(C)c1=O. The van der Waals surface area contributed by atoms with Crippen molar-refractivity contribution < 1.29 is 28.3 Å². The number of furan rings is 1. The lowest BCUT2D eigenvalue weighted by molar-refractivity contribution is -0.134. The molecule has 15 nitrogen and oxygen atoms in total. The number of piperidine rings is 1. The number of benzene rings is 1. The van der Waals surface area contributed by atoms with Gasteiger partial charge in [0.25, 0.3) is 11.5 Å². The Morgan fingerprint density at radius 3 is 2.64 bits per heavy atom. The predicted octanol–water partition coefficient (Wildman–Crippen LogP) is 4.57. The molecule has 2 saturated heterocycles. The number of aryl methyl sites for hydroxylation is 2. The lowest BCUT2D eigenvalue weighted by Gasteiger charge is -2.32. The van der Waals surface area contributed by atoms with E-state index in [1.54, 1.807) is 48.1 Å². The zero-order chi connectivity index (χ0) is 39.9. The van der Waals surface area contributed by atoms with Gasteiger partial charge in [-0.1, -0.05) is 18.1 Å². The molecule has 1 aromatic carbocycles. The van der Waals surface area contributed by atoms with Crippen LogP contribution in [0.4, 0.5) is 11.4 Å². The monoisotopic (exact) mass is 778 g/mol. The van der Waals surface area contributed by atoms with Crippen molar-refractivity contribution >= 4 is 51.1 Å². The number of pyridine rings is 3. The minimum atomic E-state index is -0.450. The molecule has 0 saturated carbocycles. The summed E-state index contributed by atoms with van der Waals surface area (Å²) in [6.45, 7) is 4.11. The summed E-state index contributed by atoms with van der Waals surface area (Å²) in [5.74, 6) is 5.79. The first-order chi connectivity index (χ1) is 28.2. The number of amides is 3. The largest absolute Gasteiger partial charge is 0.474 e. The number of anilines is 2. The minimum absolute atomic E-state index is 0.0420. The van der Waals surface area contributed by atoms with Gasteiger partial charge in [0.2, 0.25) is 17.7 Å². The van der Waals surface area contributed by atoms with Crippen molar-refractivity contribution in [2.24, 2.45) is 7.05 Å². The van der Waals surface area contributed by atoms with Crippen molar-refractivity contribution in [3.63, 3.8) is 0 Å². The molecule has 8 heterocycles. The molecule has 0 bridgehead atoms. The Balaban J connectivity index is 0.901. The van der Waals surface area contributed by atoms with Crippen LogP contribution in [0.5, 0.6) is 5.88 Å². The number of ether oxygens (including phenoxy) is 2. The van der Waals surface area contributed by atoms with Gasteiger partial charge in [-0.25, -0.2) is 9.97 Å². The van der Waals surface area contributed by atoms with Crippen LogP contribution in [0.25, 0.3) is 33.4 Å². The Hall–Kier alpha value is -6.92. The van der Waals surface area contributed by atoms with E-state index in [2.05, 4.69) is 43.4 Å². The first-order valence-electron chi connectivity index (χ1n) is 19.2. The summed E-state index contributed by atoms with van der Waals surface area (Å²) in [7, 11) is 1.76. The fourth-order valence-electron chi connectivity index (χ4n) is 7.85. The van der Waals surface area contributed by atoms with Crippen LogP contribution in [-0.2, 0) is 21.4 Å². The highest BCUT2D eigenvalue weighted by Crippen LogP contribution is 2.41. The zero-order valence-electron chi connectivity index (χ0n) is 31.8. The van der Waals surface area contributed by atoms with E-state index >= 15 is 0 Å². The highest BCUT2D eigenvalue weighted by atomic mass is 16.5. The Kier molecular flexibility index (Phi) is 9.62. The van der Waals surface area contributed by atoms with Crippen LogP contribution in [0.2, 0.25) is 0 Å². The van der Waals surface area contributed by atoms with E-state index in [0.717, 1.165) is 40.6 Å². The first-order valence-corrected chi connectivity index (χ1v) is 19.2. The number of imide groups is 1. The molecule has 0 aliphatic carbocycles. The number of fused-ring (bicyclic) bond motifs is 3. The Bertz CT molecular complexity index is 2760. The highest BCUT2D eigenvalue weighted by Gasteiger charge is 2.30. The highest BCUT2D eigenvalue weighted by molar-refractivity contribution is 6.03. The number of aromatic nitrogens is 5. The lowest BCUT2D eigenvalue weighted by Crippen LogP contribution is -2.39. The summed E-state index contributed by atoms with van der Waals surface area (Å²) in [5, 5.41) is 6.77. The van der Waals surface area contributed by atoms with E-state index in [9.17, 15) is 19.2 Å². The van der Waals surface area contributed by atoms with Crippen LogP contribution >= 0.6 is 0 Å². The molecule has 292 valence electrons. The Morgan fingerprint density at radius 2 is 1.83 bits per heavy atom. The molecule has 2 fully saturated rings. The molecule has 0 radical (unpaired) electrons. The molecule has 3 amide bonds. The van der Waals surface area contributed by atoms with E-state index in [4.69, 9.17) is 23.9 Å². The number of nitrogens with zero attached hydrogens (tertiary/aromatic N) is 6. The maximum atomic E-state index is 13.0. The van der Waals surface area contributed by atoms with Gasteiger partial charge in [-0.05, 0) is 68.0 Å². The quantitative estimate of drug-likeness (QED) is 0.178. The average molecular weight is 779 g/mol. The third-order valence-corrected chi connectivity index (χ3v) is 10.9. The average Bonchev–Trinajstić information content (AvgIpc) is 3.68. The van der Waals surface area contributed by atoms with Crippen LogP contribution in [0.15, 0.2) is 70.1 Å².